The number of halogens is 2. The van der Waals surface area contributed by atoms with Crippen molar-refractivity contribution in [2.75, 3.05) is 12.3 Å². The van der Waals surface area contributed by atoms with Gasteiger partial charge >= 0.3 is 0 Å². The standard InChI is InChI=1S/C14H16F2N2O2S/c15-9-4-5-10(16)12(7-9)21-8-13(19)18-6-2-1-3-11(18)14(17)20/h4-5,7,11H,1-3,6,8H2,(H2,17,20)/t11-/m1/s1. The number of benzene rings is 1. The predicted molar refractivity (Wildman–Crippen MR) is 75.6 cm³/mol. The van der Waals surface area contributed by atoms with Crippen molar-refractivity contribution in [1.29, 1.82) is 0 Å². The summed E-state index contributed by atoms with van der Waals surface area (Å²) in [7, 11) is 0. The minimum absolute atomic E-state index is 0.0514. The van der Waals surface area contributed by atoms with Gasteiger partial charge < -0.3 is 10.6 Å². The van der Waals surface area contributed by atoms with Gasteiger partial charge in [-0.3, -0.25) is 9.59 Å². The summed E-state index contributed by atoms with van der Waals surface area (Å²) in [6.45, 7) is 0.471. The van der Waals surface area contributed by atoms with Crippen LogP contribution in [0.15, 0.2) is 23.1 Å². The van der Waals surface area contributed by atoms with Crippen molar-refractivity contribution in [3.63, 3.8) is 0 Å². The van der Waals surface area contributed by atoms with E-state index in [1.807, 2.05) is 0 Å². The number of carbonyl (C=O) groups excluding carboxylic acids is 2. The Hall–Kier alpha value is -1.63. The summed E-state index contributed by atoms with van der Waals surface area (Å²) >= 11 is 0.918. The number of carbonyl (C=O) groups is 2. The molecule has 0 unspecified atom stereocenters. The third-order valence-electron chi connectivity index (χ3n) is 3.40. The Balaban J connectivity index is 2.00. The average Bonchev–Trinajstić information content (AvgIpc) is 2.47. The van der Waals surface area contributed by atoms with Crippen molar-refractivity contribution in [3.8, 4) is 0 Å². The Morgan fingerprint density at radius 3 is 2.81 bits per heavy atom. The average molecular weight is 314 g/mol. The molecule has 1 aliphatic heterocycles. The monoisotopic (exact) mass is 314 g/mol. The molecule has 1 aromatic rings. The van der Waals surface area contributed by atoms with E-state index in [-0.39, 0.29) is 16.6 Å². The maximum atomic E-state index is 13.5. The minimum atomic E-state index is -0.593. The number of rotatable bonds is 4. The molecule has 1 aromatic carbocycles. The molecule has 1 fully saturated rings. The Morgan fingerprint density at radius 2 is 2.10 bits per heavy atom. The lowest BCUT2D eigenvalue weighted by Crippen LogP contribution is -2.51. The second kappa shape index (κ2) is 6.89. The molecule has 7 heteroatoms. The molecule has 0 aromatic heterocycles. The molecule has 1 aliphatic rings. The quantitative estimate of drug-likeness (QED) is 0.864. The molecule has 114 valence electrons. The van der Waals surface area contributed by atoms with Gasteiger partial charge in [-0.1, -0.05) is 0 Å². The van der Waals surface area contributed by atoms with E-state index >= 15 is 0 Å². The molecule has 0 aliphatic carbocycles. The maximum Gasteiger partial charge on any atom is 0.240 e. The second-order valence-corrected chi connectivity index (χ2v) is 5.88. The molecule has 1 saturated heterocycles. The van der Waals surface area contributed by atoms with Crippen molar-refractivity contribution < 1.29 is 18.4 Å². The van der Waals surface area contributed by atoms with Crippen LogP contribution in [0.1, 0.15) is 19.3 Å². The van der Waals surface area contributed by atoms with Crippen LogP contribution in [0.25, 0.3) is 0 Å². The fourth-order valence-electron chi connectivity index (χ4n) is 2.34. The first kappa shape index (κ1) is 15.8. The fraction of sp³-hybridized carbons (Fsp3) is 0.429. The van der Waals surface area contributed by atoms with Crippen LogP contribution in [0.4, 0.5) is 8.78 Å². The fourth-order valence-corrected chi connectivity index (χ4v) is 3.18. The van der Waals surface area contributed by atoms with E-state index in [2.05, 4.69) is 0 Å². The number of hydrogen-bond acceptors (Lipinski definition) is 3. The first-order chi connectivity index (χ1) is 9.99. The molecule has 0 radical (unpaired) electrons. The van der Waals surface area contributed by atoms with E-state index in [1.54, 1.807) is 0 Å². The summed E-state index contributed by atoms with van der Waals surface area (Å²) in [5, 5.41) is 0. The molecule has 21 heavy (non-hydrogen) atoms. The third-order valence-corrected chi connectivity index (χ3v) is 4.41. The van der Waals surface area contributed by atoms with E-state index < -0.39 is 23.6 Å². The summed E-state index contributed by atoms with van der Waals surface area (Å²) in [6.07, 6.45) is 2.22. The number of likely N-dealkylation sites (tertiary alicyclic amines) is 1. The lowest BCUT2D eigenvalue weighted by Gasteiger charge is -2.33. The molecule has 2 N–H and O–H groups in total. The molecule has 0 spiro atoms. The van der Waals surface area contributed by atoms with Crippen molar-refractivity contribution in [2.24, 2.45) is 5.73 Å². The highest BCUT2D eigenvalue weighted by Gasteiger charge is 2.30. The van der Waals surface area contributed by atoms with Crippen molar-refractivity contribution in [3.05, 3.63) is 29.8 Å². The van der Waals surface area contributed by atoms with Crippen molar-refractivity contribution in [2.45, 2.75) is 30.2 Å². The zero-order chi connectivity index (χ0) is 15.4. The lowest BCUT2D eigenvalue weighted by atomic mass is 10.0. The van der Waals surface area contributed by atoms with Crippen LogP contribution in [-0.4, -0.2) is 35.1 Å². The Bertz CT molecular complexity index is 554. The summed E-state index contributed by atoms with van der Waals surface area (Å²) in [6, 6.07) is 2.50. The van der Waals surface area contributed by atoms with Crippen LogP contribution in [0.3, 0.4) is 0 Å². The summed E-state index contributed by atoms with van der Waals surface area (Å²) in [4.78, 5) is 25.0. The van der Waals surface area contributed by atoms with Gasteiger partial charge in [-0.25, -0.2) is 8.78 Å². The van der Waals surface area contributed by atoms with Crippen LogP contribution >= 0.6 is 11.8 Å². The highest BCUT2D eigenvalue weighted by molar-refractivity contribution is 8.00. The van der Waals surface area contributed by atoms with E-state index in [9.17, 15) is 18.4 Å². The van der Waals surface area contributed by atoms with Crippen LogP contribution in [0.2, 0.25) is 0 Å². The number of nitrogens with zero attached hydrogens (tertiary/aromatic N) is 1. The minimum Gasteiger partial charge on any atom is -0.368 e. The van der Waals surface area contributed by atoms with E-state index in [1.165, 1.54) is 4.90 Å². The van der Waals surface area contributed by atoms with E-state index in [4.69, 9.17) is 5.73 Å². The van der Waals surface area contributed by atoms with Gasteiger partial charge in [0, 0.05) is 11.4 Å². The topological polar surface area (TPSA) is 63.4 Å². The highest BCUT2D eigenvalue weighted by Crippen LogP contribution is 2.24. The SMILES string of the molecule is NC(=O)[C@H]1CCCCN1C(=O)CSc1cc(F)ccc1F. The molecular formula is C14H16F2N2O2S. The smallest absolute Gasteiger partial charge is 0.240 e. The molecule has 0 saturated carbocycles. The van der Waals surface area contributed by atoms with Crippen LogP contribution in [0.5, 0.6) is 0 Å². The zero-order valence-corrected chi connectivity index (χ0v) is 12.2. The molecule has 1 heterocycles. The number of hydrogen-bond donors (Lipinski definition) is 1. The molecular weight excluding hydrogens is 298 g/mol. The Labute approximate surface area is 125 Å². The zero-order valence-electron chi connectivity index (χ0n) is 11.4. The van der Waals surface area contributed by atoms with Gasteiger partial charge in [-0.05, 0) is 37.5 Å². The maximum absolute atomic E-state index is 13.5. The number of nitrogens with two attached hydrogens (primary N) is 1. The van der Waals surface area contributed by atoms with Crippen molar-refractivity contribution >= 4 is 23.6 Å². The van der Waals surface area contributed by atoms with Crippen molar-refractivity contribution in [1.82, 2.24) is 4.90 Å². The van der Waals surface area contributed by atoms with Gasteiger partial charge in [0.1, 0.15) is 17.7 Å². The summed E-state index contributed by atoms with van der Waals surface area (Å²) in [5.41, 5.74) is 5.30. The molecule has 2 amide bonds. The molecule has 4 nitrogen and oxygen atoms in total. The second-order valence-electron chi connectivity index (χ2n) is 4.86. The van der Waals surface area contributed by atoms with Gasteiger partial charge in [0.05, 0.1) is 5.75 Å². The van der Waals surface area contributed by atoms with E-state index in [0.717, 1.165) is 42.8 Å². The third kappa shape index (κ3) is 3.93. The number of primary amides is 1. The first-order valence-electron chi connectivity index (χ1n) is 6.65. The number of amides is 2. The summed E-state index contributed by atoms with van der Waals surface area (Å²) < 4.78 is 26.5. The summed E-state index contributed by atoms with van der Waals surface area (Å²) in [5.74, 6) is -1.99. The molecule has 2 rings (SSSR count). The van der Waals surface area contributed by atoms with Gasteiger partial charge in [0.2, 0.25) is 11.8 Å². The molecule has 1 atom stereocenters. The number of piperidine rings is 1. The van der Waals surface area contributed by atoms with Crippen LogP contribution in [0, 0.1) is 11.6 Å². The van der Waals surface area contributed by atoms with Crippen LogP contribution < -0.4 is 5.73 Å². The lowest BCUT2D eigenvalue weighted by molar-refractivity contribution is -0.138. The Morgan fingerprint density at radius 1 is 1.33 bits per heavy atom. The van der Waals surface area contributed by atoms with Gasteiger partial charge in [-0.2, -0.15) is 0 Å². The Kier molecular flexibility index (Phi) is 5.17. The first-order valence-corrected chi connectivity index (χ1v) is 7.64. The van der Waals surface area contributed by atoms with Crippen LogP contribution in [-0.2, 0) is 9.59 Å². The van der Waals surface area contributed by atoms with Gasteiger partial charge in [0.25, 0.3) is 0 Å². The highest BCUT2D eigenvalue weighted by atomic mass is 32.2. The largest absolute Gasteiger partial charge is 0.368 e. The molecule has 0 bridgehead atoms. The predicted octanol–water partition coefficient (Wildman–Crippen LogP) is 1.92. The van der Waals surface area contributed by atoms with Gasteiger partial charge in [-0.15, -0.1) is 11.8 Å². The number of thioether (sulfide) groups is 1. The van der Waals surface area contributed by atoms with Gasteiger partial charge in [0.15, 0.2) is 0 Å². The van der Waals surface area contributed by atoms with E-state index in [0.29, 0.717) is 13.0 Å². The normalized spacial score (nSPS) is 18.6.